The lowest BCUT2D eigenvalue weighted by atomic mass is 10.1. The van der Waals surface area contributed by atoms with Gasteiger partial charge in [0.2, 0.25) is 16.0 Å². The highest BCUT2D eigenvalue weighted by Crippen LogP contribution is 2.25. The van der Waals surface area contributed by atoms with Crippen LogP contribution in [0.25, 0.3) is 10.8 Å². The Kier molecular flexibility index (Phi) is 5.27. The van der Waals surface area contributed by atoms with Crippen LogP contribution in [-0.2, 0) is 10.0 Å². The van der Waals surface area contributed by atoms with Gasteiger partial charge < -0.3 is 9.80 Å². The molecule has 0 saturated carbocycles. The molecule has 3 aromatic rings. The van der Waals surface area contributed by atoms with Crippen LogP contribution >= 0.6 is 0 Å². The summed E-state index contributed by atoms with van der Waals surface area (Å²) in [6.45, 7) is 6.06. The van der Waals surface area contributed by atoms with Gasteiger partial charge in [-0.25, -0.2) is 13.4 Å². The molecule has 0 amide bonds. The summed E-state index contributed by atoms with van der Waals surface area (Å²) in [7, 11) is -3.53. The van der Waals surface area contributed by atoms with Crippen LogP contribution < -0.4 is 9.80 Å². The third-order valence-electron chi connectivity index (χ3n) is 6.14. The smallest absolute Gasteiger partial charge is 0.243 e. The zero-order chi connectivity index (χ0) is 21.4. The summed E-state index contributed by atoms with van der Waals surface area (Å²) in [6, 6.07) is 15.2. The second kappa shape index (κ2) is 8.09. The van der Waals surface area contributed by atoms with Crippen molar-refractivity contribution in [2.45, 2.75) is 24.7 Å². The molecule has 0 N–H and O–H groups in total. The first-order valence-electron chi connectivity index (χ1n) is 10.9. The van der Waals surface area contributed by atoms with Crippen molar-refractivity contribution in [2.24, 2.45) is 0 Å². The van der Waals surface area contributed by atoms with Crippen molar-refractivity contribution in [2.75, 3.05) is 49.1 Å². The number of sulfonamides is 1. The lowest BCUT2D eigenvalue weighted by Gasteiger charge is -2.34. The molecule has 2 aliphatic rings. The van der Waals surface area contributed by atoms with Crippen molar-refractivity contribution < 1.29 is 8.42 Å². The predicted octanol–water partition coefficient (Wildman–Crippen LogP) is 3.05. The lowest BCUT2D eigenvalue weighted by molar-refractivity contribution is 0.382. The van der Waals surface area contributed by atoms with Crippen LogP contribution in [0.4, 0.5) is 11.8 Å². The van der Waals surface area contributed by atoms with Crippen LogP contribution in [0, 0.1) is 6.92 Å². The minimum atomic E-state index is -3.53. The number of hydrogen-bond donors (Lipinski definition) is 0. The SMILES string of the molecule is Cc1cc(N2CCCC2)nc(N2CCN(S(=O)(=O)c3ccc4ccccc4c3)CC2)n1. The molecule has 8 heteroatoms. The van der Waals surface area contributed by atoms with E-state index in [9.17, 15) is 8.42 Å². The fraction of sp³-hybridized carbons (Fsp3) is 0.391. The highest BCUT2D eigenvalue weighted by Gasteiger charge is 2.30. The van der Waals surface area contributed by atoms with E-state index in [4.69, 9.17) is 4.98 Å². The van der Waals surface area contributed by atoms with Gasteiger partial charge in [-0.15, -0.1) is 0 Å². The van der Waals surface area contributed by atoms with Crippen molar-refractivity contribution >= 4 is 32.6 Å². The molecule has 0 aliphatic carbocycles. The predicted molar refractivity (Wildman–Crippen MR) is 123 cm³/mol. The van der Waals surface area contributed by atoms with Gasteiger partial charge in [0, 0.05) is 51.0 Å². The van der Waals surface area contributed by atoms with Gasteiger partial charge in [-0.2, -0.15) is 9.29 Å². The molecule has 162 valence electrons. The van der Waals surface area contributed by atoms with Crippen molar-refractivity contribution in [3.8, 4) is 0 Å². The summed E-state index contributed by atoms with van der Waals surface area (Å²) in [4.78, 5) is 14.2. The number of piperazine rings is 1. The number of rotatable bonds is 4. The molecule has 0 bridgehead atoms. The van der Waals surface area contributed by atoms with Crippen LogP contribution in [0.1, 0.15) is 18.5 Å². The Morgan fingerprint density at radius 2 is 1.48 bits per heavy atom. The first-order valence-corrected chi connectivity index (χ1v) is 12.3. The summed E-state index contributed by atoms with van der Waals surface area (Å²) in [5.41, 5.74) is 0.943. The quantitative estimate of drug-likeness (QED) is 0.625. The zero-order valence-electron chi connectivity index (χ0n) is 17.7. The number of hydrogen-bond acceptors (Lipinski definition) is 6. The maximum atomic E-state index is 13.2. The number of benzene rings is 2. The number of fused-ring (bicyclic) bond motifs is 1. The summed E-state index contributed by atoms with van der Waals surface area (Å²) in [6.07, 6.45) is 2.40. The van der Waals surface area contributed by atoms with E-state index in [1.54, 1.807) is 16.4 Å². The molecule has 31 heavy (non-hydrogen) atoms. The summed E-state index contributed by atoms with van der Waals surface area (Å²) >= 11 is 0. The van der Waals surface area contributed by atoms with E-state index in [0.29, 0.717) is 37.0 Å². The lowest BCUT2D eigenvalue weighted by Crippen LogP contribution is -2.49. The van der Waals surface area contributed by atoms with Gasteiger partial charge in [0.15, 0.2) is 0 Å². The van der Waals surface area contributed by atoms with Crippen LogP contribution in [0.3, 0.4) is 0 Å². The standard InChI is InChI=1S/C23H27N5O2S/c1-18-16-22(26-10-4-5-11-26)25-23(24-18)27-12-14-28(15-13-27)31(29,30)21-9-8-19-6-2-3-7-20(19)17-21/h2-3,6-9,16-17H,4-5,10-15H2,1H3. The zero-order valence-corrected chi connectivity index (χ0v) is 18.6. The van der Waals surface area contributed by atoms with E-state index in [-0.39, 0.29) is 0 Å². The summed E-state index contributed by atoms with van der Waals surface area (Å²) < 4.78 is 28.0. The molecule has 0 unspecified atom stereocenters. The fourth-order valence-corrected chi connectivity index (χ4v) is 5.85. The number of nitrogens with zero attached hydrogens (tertiary/aromatic N) is 5. The highest BCUT2D eigenvalue weighted by atomic mass is 32.2. The number of aromatic nitrogens is 2. The van der Waals surface area contributed by atoms with Gasteiger partial charge in [-0.3, -0.25) is 0 Å². The fourth-order valence-electron chi connectivity index (χ4n) is 4.39. The molecule has 2 saturated heterocycles. The van der Waals surface area contributed by atoms with Gasteiger partial charge in [-0.1, -0.05) is 30.3 Å². The minimum absolute atomic E-state index is 0.350. The number of anilines is 2. The van der Waals surface area contributed by atoms with E-state index >= 15 is 0 Å². The van der Waals surface area contributed by atoms with Crippen molar-refractivity contribution in [1.29, 1.82) is 0 Å². The van der Waals surface area contributed by atoms with E-state index in [1.165, 1.54) is 12.8 Å². The monoisotopic (exact) mass is 437 g/mol. The molecular weight excluding hydrogens is 410 g/mol. The molecule has 2 fully saturated rings. The Morgan fingerprint density at radius 1 is 0.774 bits per heavy atom. The number of aryl methyl sites for hydroxylation is 1. The molecule has 3 heterocycles. The largest absolute Gasteiger partial charge is 0.356 e. The van der Waals surface area contributed by atoms with E-state index in [0.717, 1.165) is 35.4 Å². The van der Waals surface area contributed by atoms with Crippen LogP contribution in [0.15, 0.2) is 53.4 Å². The normalized spacial score (nSPS) is 18.1. The third kappa shape index (κ3) is 3.97. The molecular formula is C23H27N5O2S. The third-order valence-corrected chi connectivity index (χ3v) is 8.03. The van der Waals surface area contributed by atoms with Gasteiger partial charge in [0.1, 0.15) is 5.82 Å². The Morgan fingerprint density at radius 3 is 2.23 bits per heavy atom. The topological polar surface area (TPSA) is 69.6 Å². The molecule has 5 rings (SSSR count). The van der Waals surface area contributed by atoms with E-state index in [1.807, 2.05) is 43.3 Å². The summed E-state index contributed by atoms with van der Waals surface area (Å²) in [5.74, 6) is 1.68. The Hall–Kier alpha value is -2.71. The van der Waals surface area contributed by atoms with Gasteiger partial charge in [0.05, 0.1) is 4.90 Å². The molecule has 0 atom stereocenters. The van der Waals surface area contributed by atoms with Crippen molar-refractivity contribution in [3.05, 3.63) is 54.2 Å². The van der Waals surface area contributed by atoms with E-state index < -0.39 is 10.0 Å². The second-order valence-electron chi connectivity index (χ2n) is 8.26. The highest BCUT2D eigenvalue weighted by molar-refractivity contribution is 7.89. The first kappa shape index (κ1) is 20.2. The molecule has 0 radical (unpaired) electrons. The van der Waals surface area contributed by atoms with Crippen molar-refractivity contribution in [1.82, 2.24) is 14.3 Å². The first-order chi connectivity index (χ1) is 15.0. The van der Waals surface area contributed by atoms with Gasteiger partial charge >= 0.3 is 0 Å². The maximum Gasteiger partial charge on any atom is 0.243 e. The molecule has 2 aromatic carbocycles. The Balaban J connectivity index is 1.32. The summed E-state index contributed by atoms with van der Waals surface area (Å²) in [5, 5.41) is 1.97. The van der Waals surface area contributed by atoms with Gasteiger partial charge in [-0.05, 0) is 42.7 Å². The Labute approximate surface area is 183 Å². The average Bonchev–Trinajstić information content (AvgIpc) is 3.33. The Bertz CT molecular complexity index is 1200. The molecule has 0 spiro atoms. The van der Waals surface area contributed by atoms with Crippen LogP contribution in [0.2, 0.25) is 0 Å². The minimum Gasteiger partial charge on any atom is -0.356 e. The maximum absolute atomic E-state index is 13.2. The van der Waals surface area contributed by atoms with Gasteiger partial charge in [0.25, 0.3) is 0 Å². The van der Waals surface area contributed by atoms with Crippen LogP contribution in [0.5, 0.6) is 0 Å². The molecule has 1 aromatic heterocycles. The van der Waals surface area contributed by atoms with Crippen LogP contribution in [-0.4, -0.2) is 62.0 Å². The average molecular weight is 438 g/mol. The molecule has 2 aliphatic heterocycles. The molecule has 7 nitrogen and oxygen atoms in total. The second-order valence-corrected chi connectivity index (χ2v) is 10.2. The van der Waals surface area contributed by atoms with E-state index in [2.05, 4.69) is 14.8 Å². The van der Waals surface area contributed by atoms with Crippen molar-refractivity contribution in [3.63, 3.8) is 0 Å².